The number of carboxylic acids is 1. The van der Waals surface area contributed by atoms with Crippen LogP contribution in [0, 0.1) is 11.8 Å². The minimum Gasteiger partial charge on any atom is -0.481 e. The van der Waals surface area contributed by atoms with E-state index >= 15 is 0 Å². The Morgan fingerprint density at radius 3 is 2.28 bits per heavy atom. The van der Waals surface area contributed by atoms with Gasteiger partial charge in [0.25, 0.3) is 11.8 Å². The Balaban J connectivity index is 1.71. The summed E-state index contributed by atoms with van der Waals surface area (Å²) in [5.74, 6) is -0.640. The molecule has 208 valence electrons. The molecule has 2 aromatic carbocycles. The van der Waals surface area contributed by atoms with Gasteiger partial charge in [-0.15, -0.1) is 0 Å². The van der Waals surface area contributed by atoms with E-state index in [9.17, 15) is 14.4 Å². The summed E-state index contributed by atoms with van der Waals surface area (Å²) < 4.78 is 0. The van der Waals surface area contributed by atoms with E-state index in [1.165, 1.54) is 0 Å². The molecule has 3 atom stereocenters. The standard InChI is InChI=1S/C30H35Cl2N3O4/c1-4-5-25(20-6-8-21(9-7-20)28(38)33-11-10-26(36)37)35-29(39)27(22-13-23(31)15-24(32)14-22)34-30(35)16-18(2)12-19(3)17-30/h6-9,13-15,18-19,25H,4-5,10-12,16-17H2,1-3H3,(H,33,38)(H,36,37)/t18?,19?,25-,30?/m1/s1. The largest absolute Gasteiger partial charge is 0.481 e. The zero-order valence-electron chi connectivity index (χ0n) is 22.5. The van der Waals surface area contributed by atoms with Gasteiger partial charge in [0.15, 0.2) is 0 Å². The van der Waals surface area contributed by atoms with Gasteiger partial charge >= 0.3 is 5.97 Å². The van der Waals surface area contributed by atoms with E-state index in [0.717, 1.165) is 37.7 Å². The lowest BCUT2D eigenvalue weighted by Crippen LogP contribution is -2.52. The number of aliphatic imine (C=N–C) groups is 1. The lowest BCUT2D eigenvalue weighted by Gasteiger charge is -2.47. The number of nitrogens with zero attached hydrogens (tertiary/aromatic N) is 2. The van der Waals surface area contributed by atoms with Crippen LogP contribution in [0.15, 0.2) is 47.5 Å². The molecule has 1 aliphatic carbocycles. The van der Waals surface area contributed by atoms with E-state index in [0.29, 0.717) is 38.7 Å². The fraction of sp³-hybridized carbons (Fsp3) is 0.467. The smallest absolute Gasteiger partial charge is 0.305 e. The fourth-order valence-electron chi connectivity index (χ4n) is 6.22. The first-order chi connectivity index (χ1) is 18.5. The number of halogens is 2. The second-order valence-corrected chi connectivity index (χ2v) is 11.8. The summed E-state index contributed by atoms with van der Waals surface area (Å²) in [5, 5.41) is 12.4. The minimum absolute atomic E-state index is 0.0587. The summed E-state index contributed by atoms with van der Waals surface area (Å²) in [6.07, 6.45) is 4.07. The highest BCUT2D eigenvalue weighted by Gasteiger charge is 2.53. The van der Waals surface area contributed by atoms with Crippen LogP contribution in [0.3, 0.4) is 0 Å². The molecule has 1 aliphatic heterocycles. The topological polar surface area (TPSA) is 99.1 Å². The summed E-state index contributed by atoms with van der Waals surface area (Å²) in [5.41, 5.74) is 1.70. The number of carboxylic acid groups (broad SMARTS) is 1. The highest BCUT2D eigenvalue weighted by Crippen LogP contribution is 2.48. The summed E-state index contributed by atoms with van der Waals surface area (Å²) in [4.78, 5) is 44.7. The first-order valence-corrected chi connectivity index (χ1v) is 14.3. The Hall–Kier alpha value is -2.90. The molecule has 0 radical (unpaired) electrons. The molecule has 39 heavy (non-hydrogen) atoms. The number of amides is 2. The van der Waals surface area contributed by atoms with Gasteiger partial charge in [0.1, 0.15) is 11.4 Å². The Morgan fingerprint density at radius 2 is 1.72 bits per heavy atom. The van der Waals surface area contributed by atoms with E-state index in [1.54, 1.807) is 30.3 Å². The van der Waals surface area contributed by atoms with Gasteiger partial charge in [-0.3, -0.25) is 19.4 Å². The highest BCUT2D eigenvalue weighted by molar-refractivity contribution is 6.47. The van der Waals surface area contributed by atoms with Gasteiger partial charge in [-0.05, 0) is 73.4 Å². The van der Waals surface area contributed by atoms with Crippen LogP contribution in [0.5, 0.6) is 0 Å². The molecule has 1 fully saturated rings. The molecular weight excluding hydrogens is 537 g/mol. The van der Waals surface area contributed by atoms with Crippen LogP contribution in [0.2, 0.25) is 10.0 Å². The van der Waals surface area contributed by atoms with Crippen molar-refractivity contribution in [2.75, 3.05) is 6.54 Å². The van der Waals surface area contributed by atoms with Crippen LogP contribution < -0.4 is 5.32 Å². The van der Waals surface area contributed by atoms with Crippen molar-refractivity contribution in [2.45, 2.75) is 71.0 Å². The number of aliphatic carboxylic acids is 1. The van der Waals surface area contributed by atoms with Crippen LogP contribution in [0.25, 0.3) is 0 Å². The van der Waals surface area contributed by atoms with E-state index in [4.69, 9.17) is 33.3 Å². The number of carbonyl (C=O) groups excluding carboxylic acids is 2. The maximum absolute atomic E-state index is 14.3. The Labute approximate surface area is 239 Å². The number of benzene rings is 2. The SMILES string of the molecule is CCC[C@H](c1ccc(C(=O)NCCC(=O)O)cc1)N1C(=O)C(c2cc(Cl)cc(Cl)c2)=NC12CC(C)CC(C)C2. The summed E-state index contributed by atoms with van der Waals surface area (Å²) in [7, 11) is 0. The van der Waals surface area contributed by atoms with Crippen LogP contribution >= 0.6 is 23.2 Å². The zero-order valence-corrected chi connectivity index (χ0v) is 24.1. The molecule has 1 spiro atoms. The average Bonchev–Trinajstić information content (AvgIpc) is 3.11. The highest BCUT2D eigenvalue weighted by atomic mass is 35.5. The first kappa shape index (κ1) is 29.1. The Bertz CT molecular complexity index is 1250. The van der Waals surface area contributed by atoms with Crippen LogP contribution in [0.1, 0.15) is 86.8 Å². The summed E-state index contributed by atoms with van der Waals surface area (Å²) in [6, 6.07) is 12.1. The number of rotatable bonds is 9. The molecule has 0 aromatic heterocycles. The molecule has 9 heteroatoms. The molecular formula is C30H35Cl2N3O4. The van der Waals surface area contributed by atoms with Gasteiger partial charge in [-0.25, -0.2) is 0 Å². The maximum Gasteiger partial charge on any atom is 0.305 e. The van der Waals surface area contributed by atoms with Crippen LogP contribution in [-0.4, -0.2) is 45.7 Å². The summed E-state index contributed by atoms with van der Waals surface area (Å²) >= 11 is 12.6. The van der Waals surface area contributed by atoms with Gasteiger partial charge in [-0.2, -0.15) is 0 Å². The average molecular weight is 573 g/mol. The quantitative estimate of drug-likeness (QED) is 0.357. The molecule has 2 N–H and O–H groups in total. The predicted molar refractivity (Wildman–Crippen MR) is 153 cm³/mol. The lowest BCUT2D eigenvalue weighted by atomic mass is 9.75. The number of carbonyl (C=O) groups is 3. The second kappa shape index (κ2) is 12.1. The molecule has 7 nitrogen and oxygen atoms in total. The minimum atomic E-state index is -0.967. The van der Waals surface area contributed by atoms with Gasteiger partial charge in [0, 0.05) is 27.7 Å². The molecule has 2 amide bonds. The molecule has 2 unspecified atom stereocenters. The van der Waals surface area contributed by atoms with Crippen molar-refractivity contribution in [3.05, 3.63) is 69.2 Å². The second-order valence-electron chi connectivity index (χ2n) is 11.0. The molecule has 2 aliphatic rings. The van der Waals surface area contributed by atoms with E-state index < -0.39 is 11.6 Å². The normalized spacial score (nSPS) is 23.6. The van der Waals surface area contributed by atoms with Crippen molar-refractivity contribution in [2.24, 2.45) is 16.8 Å². The van der Waals surface area contributed by atoms with Crippen LogP contribution in [-0.2, 0) is 9.59 Å². The lowest BCUT2D eigenvalue weighted by molar-refractivity contribution is -0.137. The van der Waals surface area contributed by atoms with Gasteiger partial charge < -0.3 is 15.3 Å². The van der Waals surface area contributed by atoms with Crippen LogP contribution in [0.4, 0.5) is 0 Å². The monoisotopic (exact) mass is 571 g/mol. The molecule has 1 heterocycles. The van der Waals surface area contributed by atoms with Gasteiger partial charge in [0.2, 0.25) is 0 Å². The van der Waals surface area contributed by atoms with E-state index in [1.807, 2.05) is 17.0 Å². The van der Waals surface area contributed by atoms with Crippen molar-refractivity contribution < 1.29 is 19.5 Å². The Morgan fingerprint density at radius 1 is 1.10 bits per heavy atom. The third kappa shape index (κ3) is 6.47. The zero-order chi connectivity index (χ0) is 28.3. The van der Waals surface area contributed by atoms with Gasteiger partial charge in [-0.1, -0.05) is 62.5 Å². The van der Waals surface area contributed by atoms with Crippen molar-refractivity contribution in [3.63, 3.8) is 0 Å². The van der Waals surface area contributed by atoms with Crippen molar-refractivity contribution in [1.29, 1.82) is 0 Å². The first-order valence-electron chi connectivity index (χ1n) is 13.5. The molecule has 4 rings (SSSR count). The Kier molecular flexibility index (Phi) is 9.02. The maximum atomic E-state index is 14.3. The van der Waals surface area contributed by atoms with E-state index in [-0.39, 0.29) is 30.8 Å². The number of nitrogens with one attached hydrogen (secondary N) is 1. The summed E-state index contributed by atoms with van der Waals surface area (Å²) in [6.45, 7) is 6.59. The molecule has 1 saturated carbocycles. The van der Waals surface area contributed by atoms with Crippen molar-refractivity contribution in [3.8, 4) is 0 Å². The number of hydrogen-bond acceptors (Lipinski definition) is 4. The van der Waals surface area contributed by atoms with Gasteiger partial charge in [0.05, 0.1) is 12.5 Å². The van der Waals surface area contributed by atoms with E-state index in [2.05, 4.69) is 26.1 Å². The predicted octanol–water partition coefficient (Wildman–Crippen LogP) is 6.52. The fourth-order valence-corrected chi connectivity index (χ4v) is 6.75. The molecule has 2 aromatic rings. The number of hydrogen-bond donors (Lipinski definition) is 2. The third-order valence-electron chi connectivity index (χ3n) is 7.54. The van der Waals surface area contributed by atoms with Crippen molar-refractivity contribution in [1.82, 2.24) is 10.2 Å². The molecule has 0 saturated heterocycles. The molecule has 0 bridgehead atoms. The van der Waals surface area contributed by atoms with Crippen molar-refractivity contribution >= 4 is 46.7 Å². The third-order valence-corrected chi connectivity index (χ3v) is 7.97.